The molecule has 0 aliphatic heterocycles. The van der Waals surface area contributed by atoms with Gasteiger partial charge in [-0.05, 0) is 46.3 Å². The zero-order valence-corrected chi connectivity index (χ0v) is 12.4. The van der Waals surface area contributed by atoms with Gasteiger partial charge in [-0.3, -0.25) is 4.79 Å². The van der Waals surface area contributed by atoms with E-state index in [0.717, 1.165) is 15.8 Å². The zero-order valence-electron chi connectivity index (χ0n) is 10.0. The van der Waals surface area contributed by atoms with Crippen LogP contribution in [-0.4, -0.2) is 11.9 Å². The van der Waals surface area contributed by atoms with Gasteiger partial charge in [0.15, 0.2) is 0 Å². The summed E-state index contributed by atoms with van der Waals surface area (Å²) in [6.45, 7) is 2.02. The van der Waals surface area contributed by atoms with Crippen LogP contribution >= 0.6 is 27.3 Å². The van der Waals surface area contributed by atoms with Crippen LogP contribution in [0.1, 0.15) is 22.2 Å². The van der Waals surface area contributed by atoms with Crippen LogP contribution < -0.4 is 5.32 Å². The second-order valence-electron chi connectivity index (χ2n) is 4.16. The minimum atomic E-state index is -0.0136. The van der Waals surface area contributed by atoms with Crippen LogP contribution in [0.25, 0.3) is 0 Å². The van der Waals surface area contributed by atoms with Gasteiger partial charge in [-0.1, -0.05) is 30.3 Å². The van der Waals surface area contributed by atoms with Crippen molar-refractivity contribution in [1.82, 2.24) is 5.32 Å². The maximum Gasteiger partial charge on any atom is 0.262 e. The molecule has 0 fully saturated rings. The normalized spacial score (nSPS) is 12.1. The second-order valence-corrected chi connectivity index (χ2v) is 5.93. The number of nitrogens with one attached hydrogen (secondary N) is 1. The summed E-state index contributed by atoms with van der Waals surface area (Å²) in [4.78, 5) is 12.7. The number of carbonyl (C=O) groups excluding carboxylic acids is 1. The Balaban J connectivity index is 1.94. The average Bonchev–Trinajstić information content (AvgIpc) is 2.76. The molecule has 94 valence electrons. The molecule has 0 spiro atoms. The number of rotatable bonds is 4. The van der Waals surface area contributed by atoms with Crippen LogP contribution in [0, 0.1) is 0 Å². The standard InChI is InChI=1S/C14H14BrNOS/c1-10(9-11-5-3-2-4-6-11)16-14(17)13-12(15)7-8-18-13/h2-8,10H,9H2,1H3,(H,16,17). The molecule has 4 heteroatoms. The van der Waals surface area contributed by atoms with E-state index in [9.17, 15) is 4.79 Å². The number of hydrogen-bond acceptors (Lipinski definition) is 2. The average molecular weight is 324 g/mol. The lowest BCUT2D eigenvalue weighted by Gasteiger charge is -2.13. The van der Waals surface area contributed by atoms with Gasteiger partial charge >= 0.3 is 0 Å². The van der Waals surface area contributed by atoms with Gasteiger partial charge in [0, 0.05) is 10.5 Å². The van der Waals surface area contributed by atoms with Crippen LogP contribution in [0.3, 0.4) is 0 Å². The first-order chi connectivity index (χ1) is 8.66. The minimum Gasteiger partial charge on any atom is -0.349 e. The van der Waals surface area contributed by atoms with E-state index in [1.54, 1.807) is 0 Å². The summed E-state index contributed by atoms with van der Waals surface area (Å²) in [5.74, 6) is -0.0136. The molecule has 1 unspecified atom stereocenters. The molecule has 1 aromatic carbocycles. The third kappa shape index (κ3) is 3.43. The second kappa shape index (κ2) is 6.16. The summed E-state index contributed by atoms with van der Waals surface area (Å²) in [7, 11) is 0. The van der Waals surface area contributed by atoms with E-state index < -0.39 is 0 Å². The van der Waals surface area contributed by atoms with E-state index in [-0.39, 0.29) is 11.9 Å². The Bertz CT molecular complexity index is 524. The van der Waals surface area contributed by atoms with Crippen LogP contribution in [0.15, 0.2) is 46.3 Å². The Hall–Kier alpha value is -1.13. The smallest absolute Gasteiger partial charge is 0.262 e. The van der Waals surface area contributed by atoms with Gasteiger partial charge in [0.25, 0.3) is 5.91 Å². The van der Waals surface area contributed by atoms with E-state index in [1.165, 1.54) is 16.9 Å². The van der Waals surface area contributed by atoms with E-state index in [2.05, 4.69) is 33.4 Å². The molecule has 0 aliphatic rings. The van der Waals surface area contributed by atoms with Crippen molar-refractivity contribution >= 4 is 33.2 Å². The fourth-order valence-electron chi connectivity index (χ4n) is 1.76. The molecule has 2 aromatic rings. The number of carbonyl (C=O) groups is 1. The molecule has 0 saturated heterocycles. The topological polar surface area (TPSA) is 29.1 Å². The molecule has 1 heterocycles. The highest BCUT2D eigenvalue weighted by Crippen LogP contribution is 2.22. The minimum absolute atomic E-state index is 0.0136. The summed E-state index contributed by atoms with van der Waals surface area (Å²) in [6.07, 6.45) is 0.843. The molecule has 2 rings (SSSR count). The third-order valence-electron chi connectivity index (χ3n) is 2.59. The highest BCUT2D eigenvalue weighted by Gasteiger charge is 2.14. The maximum atomic E-state index is 12.0. The molecule has 1 amide bonds. The Kier molecular flexibility index (Phi) is 4.55. The van der Waals surface area contributed by atoms with Crippen molar-refractivity contribution in [1.29, 1.82) is 0 Å². The van der Waals surface area contributed by atoms with Crippen LogP contribution in [0.5, 0.6) is 0 Å². The van der Waals surface area contributed by atoms with Gasteiger partial charge in [0.05, 0.1) is 0 Å². The van der Waals surface area contributed by atoms with Crippen molar-refractivity contribution in [2.75, 3.05) is 0 Å². The van der Waals surface area contributed by atoms with E-state index in [0.29, 0.717) is 0 Å². The molecule has 1 aromatic heterocycles. The third-order valence-corrected chi connectivity index (χ3v) is 4.42. The molecule has 18 heavy (non-hydrogen) atoms. The van der Waals surface area contributed by atoms with Gasteiger partial charge in [0.1, 0.15) is 4.88 Å². The van der Waals surface area contributed by atoms with Crippen LogP contribution in [0.4, 0.5) is 0 Å². The highest BCUT2D eigenvalue weighted by atomic mass is 79.9. The van der Waals surface area contributed by atoms with E-state index in [4.69, 9.17) is 0 Å². The Morgan fingerprint density at radius 1 is 1.33 bits per heavy atom. The highest BCUT2D eigenvalue weighted by molar-refractivity contribution is 9.10. The van der Waals surface area contributed by atoms with Crippen molar-refractivity contribution in [3.63, 3.8) is 0 Å². The molecule has 1 N–H and O–H groups in total. The van der Waals surface area contributed by atoms with Crippen molar-refractivity contribution < 1.29 is 4.79 Å². The molecule has 1 atom stereocenters. The van der Waals surface area contributed by atoms with Gasteiger partial charge < -0.3 is 5.32 Å². The SMILES string of the molecule is CC(Cc1ccccc1)NC(=O)c1sccc1Br. The maximum absolute atomic E-state index is 12.0. The van der Waals surface area contributed by atoms with Gasteiger partial charge in [0.2, 0.25) is 0 Å². The molecule has 0 radical (unpaired) electrons. The molecular weight excluding hydrogens is 310 g/mol. The van der Waals surface area contributed by atoms with Gasteiger partial charge in [-0.15, -0.1) is 11.3 Å². The first-order valence-electron chi connectivity index (χ1n) is 5.74. The summed E-state index contributed by atoms with van der Waals surface area (Å²) in [5.41, 5.74) is 1.23. The quantitative estimate of drug-likeness (QED) is 0.909. The number of thiophene rings is 1. The van der Waals surface area contributed by atoms with E-state index >= 15 is 0 Å². The fourth-order valence-corrected chi connectivity index (χ4v) is 3.22. The number of amides is 1. The Morgan fingerprint density at radius 2 is 2.06 bits per heavy atom. The largest absolute Gasteiger partial charge is 0.349 e. The molecule has 2 nitrogen and oxygen atoms in total. The molecule has 0 saturated carbocycles. The monoisotopic (exact) mass is 323 g/mol. The molecule has 0 bridgehead atoms. The first-order valence-corrected chi connectivity index (χ1v) is 7.42. The summed E-state index contributed by atoms with van der Waals surface area (Å²) in [6, 6.07) is 12.2. The lowest BCUT2D eigenvalue weighted by Crippen LogP contribution is -2.33. The van der Waals surface area contributed by atoms with Crippen molar-refractivity contribution in [2.24, 2.45) is 0 Å². The lowest BCUT2D eigenvalue weighted by atomic mass is 10.1. The van der Waals surface area contributed by atoms with Crippen molar-refractivity contribution in [3.05, 3.63) is 56.7 Å². The summed E-state index contributed by atoms with van der Waals surface area (Å²) >= 11 is 4.82. The lowest BCUT2D eigenvalue weighted by molar-refractivity contribution is 0.0943. The van der Waals surface area contributed by atoms with E-state index in [1.807, 2.05) is 36.6 Å². The van der Waals surface area contributed by atoms with Crippen LogP contribution in [-0.2, 0) is 6.42 Å². The van der Waals surface area contributed by atoms with Crippen molar-refractivity contribution in [2.45, 2.75) is 19.4 Å². The Labute approximate surface area is 119 Å². The zero-order chi connectivity index (χ0) is 13.0. The predicted molar refractivity (Wildman–Crippen MR) is 79.1 cm³/mol. The van der Waals surface area contributed by atoms with Gasteiger partial charge in [-0.25, -0.2) is 0 Å². The predicted octanol–water partition coefficient (Wildman–Crippen LogP) is 3.87. The summed E-state index contributed by atoms with van der Waals surface area (Å²) in [5, 5.41) is 4.92. The molecular formula is C14H14BrNOS. The number of halogens is 1. The fraction of sp³-hybridized carbons (Fsp3) is 0.214. The number of hydrogen-bond donors (Lipinski definition) is 1. The van der Waals surface area contributed by atoms with Crippen molar-refractivity contribution in [3.8, 4) is 0 Å². The first kappa shape index (κ1) is 13.3. The summed E-state index contributed by atoms with van der Waals surface area (Å²) < 4.78 is 0.858. The number of benzene rings is 1. The molecule has 0 aliphatic carbocycles. The van der Waals surface area contributed by atoms with Gasteiger partial charge in [-0.2, -0.15) is 0 Å². The Morgan fingerprint density at radius 3 is 2.67 bits per heavy atom. The van der Waals surface area contributed by atoms with Crippen LogP contribution in [0.2, 0.25) is 0 Å².